The Labute approximate surface area is 107 Å². The van der Waals surface area contributed by atoms with E-state index in [9.17, 15) is 4.79 Å². The number of carbonyl (C=O) groups is 1. The summed E-state index contributed by atoms with van der Waals surface area (Å²) in [7, 11) is 1.81. The lowest BCUT2D eigenvalue weighted by molar-refractivity contribution is 0.0767. The van der Waals surface area contributed by atoms with Gasteiger partial charge >= 0.3 is 0 Å². The molecule has 0 unspecified atom stereocenters. The van der Waals surface area contributed by atoms with Crippen LogP contribution >= 0.6 is 0 Å². The Morgan fingerprint density at radius 2 is 2.28 bits per heavy atom. The zero-order valence-electron chi connectivity index (χ0n) is 10.6. The molecule has 0 radical (unpaired) electrons. The first kappa shape index (κ1) is 12.6. The van der Waals surface area contributed by atoms with Gasteiger partial charge in [-0.05, 0) is 30.9 Å². The molecule has 1 saturated carbocycles. The Bertz CT molecular complexity index is 472. The average molecular weight is 243 g/mol. The van der Waals surface area contributed by atoms with E-state index in [-0.39, 0.29) is 5.91 Å². The number of hydrogen-bond acceptors (Lipinski definition) is 3. The van der Waals surface area contributed by atoms with Crippen LogP contribution < -0.4 is 0 Å². The van der Waals surface area contributed by atoms with Crippen molar-refractivity contribution in [3.8, 4) is 6.07 Å². The van der Waals surface area contributed by atoms with E-state index in [0.717, 1.165) is 6.54 Å². The number of rotatable bonds is 3. The lowest BCUT2D eigenvalue weighted by Gasteiger charge is -2.20. The van der Waals surface area contributed by atoms with Crippen LogP contribution in [-0.4, -0.2) is 29.4 Å². The van der Waals surface area contributed by atoms with Gasteiger partial charge in [-0.15, -0.1) is 0 Å². The highest BCUT2D eigenvalue weighted by Crippen LogP contribution is 2.25. The number of nitriles is 1. The van der Waals surface area contributed by atoms with Gasteiger partial charge in [-0.2, -0.15) is 5.26 Å². The Balaban J connectivity index is 2.03. The molecule has 0 bridgehead atoms. The van der Waals surface area contributed by atoms with Gasteiger partial charge in [0.15, 0.2) is 0 Å². The summed E-state index contributed by atoms with van der Waals surface area (Å²) in [6.07, 6.45) is 6.48. The van der Waals surface area contributed by atoms with Gasteiger partial charge in [0.1, 0.15) is 5.69 Å². The van der Waals surface area contributed by atoms with E-state index >= 15 is 0 Å². The van der Waals surface area contributed by atoms with Gasteiger partial charge in [0.05, 0.1) is 11.6 Å². The van der Waals surface area contributed by atoms with Gasteiger partial charge in [0.2, 0.25) is 0 Å². The van der Waals surface area contributed by atoms with Crippen molar-refractivity contribution in [1.29, 1.82) is 5.26 Å². The molecule has 4 heteroatoms. The highest BCUT2D eigenvalue weighted by molar-refractivity contribution is 5.92. The average Bonchev–Trinajstić information content (AvgIpc) is 2.90. The van der Waals surface area contributed by atoms with Crippen molar-refractivity contribution in [2.75, 3.05) is 13.6 Å². The van der Waals surface area contributed by atoms with E-state index < -0.39 is 0 Å². The predicted octanol–water partition coefficient (Wildman–Crippen LogP) is 2.22. The molecular weight excluding hydrogens is 226 g/mol. The molecule has 1 fully saturated rings. The maximum absolute atomic E-state index is 12.2. The third kappa shape index (κ3) is 2.86. The van der Waals surface area contributed by atoms with Crippen LogP contribution in [0.3, 0.4) is 0 Å². The van der Waals surface area contributed by atoms with Crippen LogP contribution in [0.25, 0.3) is 0 Å². The van der Waals surface area contributed by atoms with Crippen molar-refractivity contribution in [3.63, 3.8) is 0 Å². The van der Waals surface area contributed by atoms with Crippen molar-refractivity contribution < 1.29 is 4.79 Å². The molecule has 4 nitrogen and oxygen atoms in total. The third-order valence-electron chi connectivity index (χ3n) is 3.46. The zero-order valence-corrected chi connectivity index (χ0v) is 10.6. The summed E-state index contributed by atoms with van der Waals surface area (Å²) in [6, 6.07) is 5.18. The fourth-order valence-electron chi connectivity index (χ4n) is 2.48. The van der Waals surface area contributed by atoms with Gasteiger partial charge < -0.3 is 4.90 Å². The molecule has 0 saturated heterocycles. The molecule has 94 valence electrons. The first-order valence-electron chi connectivity index (χ1n) is 6.32. The standard InChI is InChI=1S/C14H17N3O/c1-17(10-11-4-2-3-5-11)14(18)13-8-12(9-15)6-7-16-13/h6-8,11H,2-5,10H2,1H3. The van der Waals surface area contributed by atoms with Gasteiger partial charge in [-0.25, -0.2) is 0 Å². The zero-order chi connectivity index (χ0) is 13.0. The largest absolute Gasteiger partial charge is 0.340 e. The number of nitrogens with zero attached hydrogens (tertiary/aromatic N) is 3. The van der Waals surface area contributed by atoms with Crippen LogP contribution in [0.15, 0.2) is 18.3 Å². The second-order valence-corrected chi connectivity index (χ2v) is 4.88. The minimum absolute atomic E-state index is 0.0981. The molecule has 0 atom stereocenters. The second-order valence-electron chi connectivity index (χ2n) is 4.88. The lowest BCUT2D eigenvalue weighted by atomic mass is 10.1. The lowest BCUT2D eigenvalue weighted by Crippen LogP contribution is -2.31. The predicted molar refractivity (Wildman–Crippen MR) is 67.9 cm³/mol. The Hall–Kier alpha value is -1.89. The van der Waals surface area contributed by atoms with E-state index in [2.05, 4.69) is 4.98 Å². The minimum atomic E-state index is -0.0981. The summed E-state index contributed by atoms with van der Waals surface area (Å²) < 4.78 is 0. The molecule has 0 aromatic carbocycles. The van der Waals surface area contributed by atoms with Crippen LogP contribution in [0, 0.1) is 17.2 Å². The maximum atomic E-state index is 12.2. The molecule has 1 amide bonds. The molecule has 1 aromatic rings. The van der Waals surface area contributed by atoms with Crippen LogP contribution in [0.4, 0.5) is 0 Å². The number of amides is 1. The first-order valence-corrected chi connectivity index (χ1v) is 6.32. The quantitative estimate of drug-likeness (QED) is 0.817. The molecule has 18 heavy (non-hydrogen) atoms. The van der Waals surface area contributed by atoms with Gasteiger partial charge in [0, 0.05) is 19.8 Å². The molecule has 1 heterocycles. The summed E-state index contributed by atoms with van der Waals surface area (Å²) >= 11 is 0. The van der Waals surface area contributed by atoms with Crippen LogP contribution in [0.1, 0.15) is 41.7 Å². The SMILES string of the molecule is CN(CC1CCCC1)C(=O)c1cc(C#N)ccn1. The van der Waals surface area contributed by atoms with Crippen molar-refractivity contribution in [2.24, 2.45) is 5.92 Å². The number of carbonyl (C=O) groups excluding carboxylic acids is 1. The molecule has 0 N–H and O–H groups in total. The van der Waals surface area contributed by atoms with Crippen molar-refractivity contribution in [3.05, 3.63) is 29.6 Å². The Morgan fingerprint density at radius 3 is 2.94 bits per heavy atom. The van der Waals surface area contributed by atoms with Crippen LogP contribution in [-0.2, 0) is 0 Å². The number of pyridine rings is 1. The van der Waals surface area contributed by atoms with E-state index in [1.165, 1.54) is 31.9 Å². The normalized spacial score (nSPS) is 15.3. The Kier molecular flexibility index (Phi) is 3.93. The fourth-order valence-corrected chi connectivity index (χ4v) is 2.48. The summed E-state index contributed by atoms with van der Waals surface area (Å²) in [5.41, 5.74) is 0.831. The molecule has 1 aliphatic carbocycles. The molecule has 0 spiro atoms. The summed E-state index contributed by atoms with van der Waals surface area (Å²) in [5.74, 6) is 0.525. The minimum Gasteiger partial charge on any atom is -0.340 e. The molecule has 1 aliphatic rings. The van der Waals surface area contributed by atoms with Gasteiger partial charge in [-0.3, -0.25) is 9.78 Å². The van der Waals surface area contributed by atoms with Crippen LogP contribution in [0.2, 0.25) is 0 Å². The number of aromatic nitrogens is 1. The van der Waals surface area contributed by atoms with E-state index in [1.807, 2.05) is 6.07 Å². The molecule has 1 aromatic heterocycles. The van der Waals surface area contributed by atoms with Gasteiger partial charge in [0.25, 0.3) is 5.91 Å². The highest BCUT2D eigenvalue weighted by Gasteiger charge is 2.20. The fraction of sp³-hybridized carbons (Fsp3) is 0.500. The smallest absolute Gasteiger partial charge is 0.272 e. The summed E-state index contributed by atoms with van der Waals surface area (Å²) in [6.45, 7) is 0.789. The van der Waals surface area contributed by atoms with Crippen molar-refractivity contribution in [2.45, 2.75) is 25.7 Å². The maximum Gasteiger partial charge on any atom is 0.272 e. The van der Waals surface area contributed by atoms with E-state index in [4.69, 9.17) is 5.26 Å². The molecule has 0 aliphatic heterocycles. The summed E-state index contributed by atoms with van der Waals surface area (Å²) in [4.78, 5) is 17.9. The second kappa shape index (κ2) is 5.63. The first-order chi connectivity index (χ1) is 8.70. The molecule has 2 rings (SSSR count). The molecular formula is C14H17N3O. The summed E-state index contributed by atoms with van der Waals surface area (Å²) in [5, 5.41) is 8.81. The van der Waals surface area contributed by atoms with Crippen LogP contribution in [0.5, 0.6) is 0 Å². The van der Waals surface area contributed by atoms with Crippen molar-refractivity contribution in [1.82, 2.24) is 9.88 Å². The topological polar surface area (TPSA) is 57.0 Å². The van der Waals surface area contributed by atoms with E-state index in [1.54, 1.807) is 24.1 Å². The number of hydrogen-bond donors (Lipinski definition) is 0. The monoisotopic (exact) mass is 243 g/mol. The van der Waals surface area contributed by atoms with Crippen molar-refractivity contribution >= 4 is 5.91 Å². The highest BCUT2D eigenvalue weighted by atomic mass is 16.2. The van der Waals surface area contributed by atoms with Gasteiger partial charge in [-0.1, -0.05) is 12.8 Å². The van der Waals surface area contributed by atoms with E-state index in [0.29, 0.717) is 17.2 Å². The third-order valence-corrected chi connectivity index (χ3v) is 3.46. The Morgan fingerprint density at radius 1 is 1.56 bits per heavy atom.